The van der Waals surface area contributed by atoms with Gasteiger partial charge in [0.25, 0.3) is 0 Å². The van der Waals surface area contributed by atoms with Crippen LogP contribution in [0.2, 0.25) is 0 Å². The molecular formula is C16H21FN2O. The number of halogens is 1. The number of rotatable bonds is 2. The average molecular weight is 276 g/mol. The molecule has 1 aromatic carbocycles. The normalized spacial score (nSPS) is 29.9. The van der Waals surface area contributed by atoms with Gasteiger partial charge in [-0.1, -0.05) is 12.1 Å². The molecule has 108 valence electrons. The van der Waals surface area contributed by atoms with Crippen molar-refractivity contribution in [2.45, 2.75) is 31.7 Å². The van der Waals surface area contributed by atoms with Crippen molar-refractivity contribution in [1.82, 2.24) is 10.2 Å². The van der Waals surface area contributed by atoms with Crippen molar-refractivity contribution in [3.8, 4) is 0 Å². The maximum atomic E-state index is 13.0. The van der Waals surface area contributed by atoms with Crippen LogP contribution < -0.4 is 5.32 Å². The van der Waals surface area contributed by atoms with Gasteiger partial charge in [-0.05, 0) is 44.0 Å². The summed E-state index contributed by atoms with van der Waals surface area (Å²) in [6, 6.07) is 6.98. The van der Waals surface area contributed by atoms with Gasteiger partial charge in [-0.3, -0.25) is 4.79 Å². The van der Waals surface area contributed by atoms with E-state index in [-0.39, 0.29) is 23.7 Å². The van der Waals surface area contributed by atoms with Crippen molar-refractivity contribution in [2.75, 3.05) is 19.6 Å². The predicted octanol–water partition coefficient (Wildman–Crippen LogP) is 2.14. The summed E-state index contributed by atoms with van der Waals surface area (Å²) in [6.07, 6.45) is 1.92. The van der Waals surface area contributed by atoms with Gasteiger partial charge in [0.1, 0.15) is 5.82 Å². The lowest BCUT2D eigenvalue weighted by molar-refractivity contribution is -0.135. The first-order valence-corrected chi connectivity index (χ1v) is 7.42. The highest BCUT2D eigenvalue weighted by molar-refractivity contribution is 5.80. The van der Waals surface area contributed by atoms with Crippen LogP contribution in [0.5, 0.6) is 0 Å². The second-order valence-electron chi connectivity index (χ2n) is 6.01. The van der Waals surface area contributed by atoms with Crippen molar-refractivity contribution in [1.29, 1.82) is 0 Å². The van der Waals surface area contributed by atoms with Crippen LogP contribution in [0.3, 0.4) is 0 Å². The number of likely N-dealkylation sites (tertiary alicyclic amines) is 1. The molecule has 2 aliphatic heterocycles. The minimum atomic E-state index is -0.204. The van der Waals surface area contributed by atoms with E-state index >= 15 is 0 Å². The molecule has 0 spiro atoms. The summed E-state index contributed by atoms with van der Waals surface area (Å²) in [5, 5.41) is 3.25. The van der Waals surface area contributed by atoms with Crippen molar-refractivity contribution < 1.29 is 9.18 Å². The maximum Gasteiger partial charge on any atom is 0.227 e. The Balaban J connectivity index is 1.69. The number of hydrogen-bond donors (Lipinski definition) is 1. The maximum absolute atomic E-state index is 13.0. The van der Waals surface area contributed by atoms with Crippen LogP contribution in [0.25, 0.3) is 0 Å². The van der Waals surface area contributed by atoms with Gasteiger partial charge in [0.15, 0.2) is 0 Å². The van der Waals surface area contributed by atoms with E-state index in [4.69, 9.17) is 0 Å². The van der Waals surface area contributed by atoms with E-state index in [0.717, 1.165) is 38.0 Å². The molecule has 0 radical (unpaired) electrons. The molecule has 0 unspecified atom stereocenters. The highest BCUT2D eigenvalue weighted by Crippen LogP contribution is 2.33. The SMILES string of the molecule is C[C@@H]1C[C@@H](c2ccc(F)cc2)CN1C(=O)[C@@H]1CCNC1. The molecule has 2 heterocycles. The van der Waals surface area contributed by atoms with Gasteiger partial charge < -0.3 is 10.2 Å². The lowest BCUT2D eigenvalue weighted by atomic mass is 9.97. The minimum Gasteiger partial charge on any atom is -0.339 e. The molecule has 2 saturated heterocycles. The van der Waals surface area contributed by atoms with E-state index in [1.165, 1.54) is 12.1 Å². The van der Waals surface area contributed by atoms with Crippen LogP contribution in [-0.2, 0) is 4.79 Å². The molecule has 0 aromatic heterocycles. The first-order valence-electron chi connectivity index (χ1n) is 7.42. The summed E-state index contributed by atoms with van der Waals surface area (Å²) in [5.74, 6) is 0.560. The molecule has 2 aliphatic rings. The van der Waals surface area contributed by atoms with Crippen LogP contribution in [0.4, 0.5) is 4.39 Å². The molecule has 0 aliphatic carbocycles. The molecular weight excluding hydrogens is 255 g/mol. The summed E-state index contributed by atoms with van der Waals surface area (Å²) in [4.78, 5) is 14.5. The van der Waals surface area contributed by atoms with E-state index in [1.54, 1.807) is 0 Å². The van der Waals surface area contributed by atoms with Crippen LogP contribution in [-0.4, -0.2) is 36.5 Å². The number of hydrogen-bond acceptors (Lipinski definition) is 2. The van der Waals surface area contributed by atoms with Crippen molar-refractivity contribution >= 4 is 5.91 Å². The van der Waals surface area contributed by atoms with Gasteiger partial charge in [0.2, 0.25) is 5.91 Å². The molecule has 3 nitrogen and oxygen atoms in total. The summed E-state index contributed by atoms with van der Waals surface area (Å²) in [7, 11) is 0. The highest BCUT2D eigenvalue weighted by Gasteiger charge is 2.36. The third-order valence-electron chi connectivity index (χ3n) is 4.61. The molecule has 1 amide bonds. The number of benzene rings is 1. The zero-order valence-electron chi connectivity index (χ0n) is 11.8. The predicted molar refractivity (Wildman–Crippen MR) is 75.9 cm³/mol. The first-order chi connectivity index (χ1) is 9.65. The van der Waals surface area contributed by atoms with E-state index < -0.39 is 0 Å². The topological polar surface area (TPSA) is 32.3 Å². The van der Waals surface area contributed by atoms with Crippen LogP contribution in [0, 0.1) is 11.7 Å². The third kappa shape index (κ3) is 2.57. The highest BCUT2D eigenvalue weighted by atomic mass is 19.1. The fourth-order valence-corrected chi connectivity index (χ4v) is 3.41. The van der Waals surface area contributed by atoms with Crippen molar-refractivity contribution in [2.24, 2.45) is 5.92 Å². The van der Waals surface area contributed by atoms with Crippen LogP contribution >= 0.6 is 0 Å². The number of nitrogens with zero attached hydrogens (tertiary/aromatic N) is 1. The number of carbonyl (C=O) groups excluding carboxylic acids is 1. The Kier molecular flexibility index (Phi) is 3.74. The van der Waals surface area contributed by atoms with Gasteiger partial charge >= 0.3 is 0 Å². The summed E-state index contributed by atoms with van der Waals surface area (Å²) in [5.41, 5.74) is 1.14. The second-order valence-corrected chi connectivity index (χ2v) is 6.01. The zero-order chi connectivity index (χ0) is 14.1. The molecule has 3 atom stereocenters. The molecule has 2 fully saturated rings. The van der Waals surface area contributed by atoms with Crippen LogP contribution in [0.1, 0.15) is 31.2 Å². The third-order valence-corrected chi connectivity index (χ3v) is 4.61. The van der Waals surface area contributed by atoms with E-state index in [1.807, 2.05) is 17.0 Å². The van der Waals surface area contributed by atoms with E-state index in [0.29, 0.717) is 5.92 Å². The average Bonchev–Trinajstić information content (AvgIpc) is 3.08. The molecule has 1 N–H and O–H groups in total. The minimum absolute atomic E-state index is 0.143. The number of amides is 1. The molecule has 20 heavy (non-hydrogen) atoms. The summed E-state index contributed by atoms with van der Waals surface area (Å²) in [6.45, 7) is 4.63. The standard InChI is InChI=1S/C16H21FN2O/c1-11-8-14(12-2-4-15(17)5-3-12)10-19(11)16(20)13-6-7-18-9-13/h2-5,11,13-14,18H,6-10H2,1H3/t11-,13-,14-/m1/s1. The molecule has 3 rings (SSSR count). The van der Waals surface area contributed by atoms with Gasteiger partial charge in [-0.25, -0.2) is 4.39 Å². The monoisotopic (exact) mass is 276 g/mol. The van der Waals surface area contributed by atoms with Crippen LogP contribution in [0.15, 0.2) is 24.3 Å². The van der Waals surface area contributed by atoms with Gasteiger partial charge in [-0.2, -0.15) is 0 Å². The first kappa shape index (κ1) is 13.6. The fraction of sp³-hybridized carbons (Fsp3) is 0.562. The Morgan fingerprint density at radius 3 is 2.75 bits per heavy atom. The molecule has 1 aromatic rings. The van der Waals surface area contributed by atoms with E-state index in [2.05, 4.69) is 12.2 Å². The summed E-state index contributed by atoms with van der Waals surface area (Å²) >= 11 is 0. The number of carbonyl (C=O) groups is 1. The Bertz CT molecular complexity index is 482. The van der Waals surface area contributed by atoms with Gasteiger partial charge in [0.05, 0.1) is 5.92 Å². The Morgan fingerprint density at radius 2 is 2.10 bits per heavy atom. The smallest absolute Gasteiger partial charge is 0.227 e. The largest absolute Gasteiger partial charge is 0.339 e. The second kappa shape index (κ2) is 5.52. The van der Waals surface area contributed by atoms with Gasteiger partial charge in [0, 0.05) is 25.0 Å². The quantitative estimate of drug-likeness (QED) is 0.897. The molecule has 4 heteroatoms. The summed E-state index contributed by atoms with van der Waals surface area (Å²) < 4.78 is 13.0. The molecule has 0 bridgehead atoms. The van der Waals surface area contributed by atoms with E-state index in [9.17, 15) is 9.18 Å². The fourth-order valence-electron chi connectivity index (χ4n) is 3.41. The lowest BCUT2D eigenvalue weighted by Gasteiger charge is -2.24. The Labute approximate surface area is 119 Å². The Hall–Kier alpha value is -1.42. The van der Waals surface area contributed by atoms with Crippen molar-refractivity contribution in [3.63, 3.8) is 0 Å². The van der Waals surface area contributed by atoms with Gasteiger partial charge in [-0.15, -0.1) is 0 Å². The molecule has 0 saturated carbocycles. The Morgan fingerprint density at radius 1 is 1.35 bits per heavy atom. The zero-order valence-corrected chi connectivity index (χ0v) is 11.8. The number of nitrogens with one attached hydrogen (secondary N) is 1. The van der Waals surface area contributed by atoms with Crippen molar-refractivity contribution in [3.05, 3.63) is 35.6 Å². The lowest BCUT2D eigenvalue weighted by Crippen LogP contribution is -2.39.